The number of aryl methyl sites for hydroxylation is 1. The van der Waals surface area contributed by atoms with Gasteiger partial charge in [-0.05, 0) is 42.8 Å². The van der Waals surface area contributed by atoms with Gasteiger partial charge in [0, 0.05) is 10.0 Å². The van der Waals surface area contributed by atoms with E-state index in [4.69, 9.17) is 12.2 Å². The van der Waals surface area contributed by atoms with Gasteiger partial charge in [0.15, 0.2) is 4.32 Å². The van der Waals surface area contributed by atoms with Gasteiger partial charge in [-0.2, -0.15) is 0 Å². The number of halogens is 1. The molecule has 0 atom stereocenters. The highest BCUT2D eigenvalue weighted by atomic mass is 79.9. The van der Waals surface area contributed by atoms with E-state index in [1.165, 1.54) is 0 Å². The third kappa shape index (κ3) is 3.50. The molecule has 0 bridgehead atoms. The second-order valence-corrected chi connectivity index (χ2v) is 7.83. The fourth-order valence-electron chi connectivity index (χ4n) is 2.22. The van der Waals surface area contributed by atoms with Crippen LogP contribution in [0.1, 0.15) is 21.5 Å². The summed E-state index contributed by atoms with van der Waals surface area (Å²) in [5.74, 6) is -0.773. The summed E-state index contributed by atoms with van der Waals surface area (Å²) in [4.78, 5) is 26.7. The molecule has 0 unspecified atom stereocenters. The zero-order valence-electron chi connectivity index (χ0n) is 12.7. The molecule has 1 aliphatic heterocycles. The monoisotopic (exact) mass is 417 g/mol. The maximum atomic E-state index is 12.6. The number of amides is 2. The Morgan fingerprint density at radius 3 is 2.58 bits per heavy atom. The van der Waals surface area contributed by atoms with Crippen LogP contribution in [0, 0.1) is 6.92 Å². The number of hydrogen-bond acceptors (Lipinski definition) is 4. The van der Waals surface area contributed by atoms with Crippen molar-refractivity contribution in [1.82, 2.24) is 4.90 Å². The first kappa shape index (κ1) is 17.1. The van der Waals surface area contributed by atoms with Crippen molar-refractivity contribution in [3.05, 3.63) is 74.6 Å². The average molecular weight is 418 g/mol. The Hall–Kier alpha value is -1.76. The summed E-state index contributed by atoms with van der Waals surface area (Å²) in [6.07, 6.45) is 1.74. The van der Waals surface area contributed by atoms with Crippen molar-refractivity contribution in [2.45, 2.75) is 6.92 Å². The van der Waals surface area contributed by atoms with Crippen LogP contribution in [-0.4, -0.2) is 21.0 Å². The van der Waals surface area contributed by atoms with Crippen molar-refractivity contribution in [3.8, 4) is 0 Å². The molecule has 3 rings (SSSR count). The summed E-state index contributed by atoms with van der Waals surface area (Å²) in [5, 5.41) is 0. The highest BCUT2D eigenvalue weighted by molar-refractivity contribution is 9.10. The molecule has 0 spiro atoms. The van der Waals surface area contributed by atoms with Gasteiger partial charge in [-0.25, -0.2) is 4.90 Å². The van der Waals surface area contributed by atoms with E-state index in [9.17, 15) is 9.59 Å². The SMILES string of the molecule is Cc1ccc(C(=O)N2C(=O)/C(=C\c3cccc(Br)c3)SC2=S)cc1. The van der Waals surface area contributed by atoms with Crippen LogP contribution in [0.2, 0.25) is 0 Å². The van der Waals surface area contributed by atoms with Crippen LogP contribution in [-0.2, 0) is 4.79 Å². The van der Waals surface area contributed by atoms with Crippen molar-refractivity contribution in [3.63, 3.8) is 0 Å². The van der Waals surface area contributed by atoms with Gasteiger partial charge >= 0.3 is 0 Å². The van der Waals surface area contributed by atoms with E-state index in [1.807, 2.05) is 43.3 Å². The molecule has 0 aromatic heterocycles. The minimum absolute atomic E-state index is 0.256. The predicted octanol–water partition coefficient (Wildman–Crippen LogP) is 4.80. The molecule has 3 nitrogen and oxygen atoms in total. The molecule has 1 aliphatic rings. The molecule has 0 radical (unpaired) electrons. The molecular weight excluding hydrogens is 406 g/mol. The number of thioether (sulfide) groups is 1. The minimum atomic E-state index is -0.393. The minimum Gasteiger partial charge on any atom is -0.268 e. The molecule has 2 amide bonds. The number of carbonyl (C=O) groups is 2. The van der Waals surface area contributed by atoms with Gasteiger partial charge in [0.05, 0.1) is 4.91 Å². The molecule has 1 heterocycles. The van der Waals surface area contributed by atoms with E-state index in [2.05, 4.69) is 15.9 Å². The fourth-order valence-corrected chi connectivity index (χ4v) is 3.89. The third-order valence-electron chi connectivity index (χ3n) is 3.44. The lowest BCUT2D eigenvalue weighted by Gasteiger charge is -2.12. The zero-order chi connectivity index (χ0) is 17.3. The number of hydrogen-bond donors (Lipinski definition) is 0. The average Bonchev–Trinajstić information content (AvgIpc) is 2.81. The smallest absolute Gasteiger partial charge is 0.268 e. The molecule has 24 heavy (non-hydrogen) atoms. The van der Waals surface area contributed by atoms with Crippen molar-refractivity contribution < 1.29 is 9.59 Å². The molecule has 0 N–H and O–H groups in total. The summed E-state index contributed by atoms with van der Waals surface area (Å²) >= 11 is 9.78. The molecular formula is C18H12BrNO2S2. The maximum Gasteiger partial charge on any atom is 0.273 e. The van der Waals surface area contributed by atoms with Gasteiger partial charge < -0.3 is 0 Å². The second-order valence-electron chi connectivity index (χ2n) is 5.24. The van der Waals surface area contributed by atoms with Gasteiger partial charge in [0.25, 0.3) is 11.8 Å². The van der Waals surface area contributed by atoms with Crippen LogP contribution in [0.4, 0.5) is 0 Å². The molecule has 120 valence electrons. The van der Waals surface area contributed by atoms with Gasteiger partial charge in [-0.3, -0.25) is 9.59 Å². The van der Waals surface area contributed by atoms with E-state index >= 15 is 0 Å². The van der Waals surface area contributed by atoms with Crippen molar-refractivity contribution in [2.24, 2.45) is 0 Å². The van der Waals surface area contributed by atoms with E-state index in [0.717, 1.165) is 32.3 Å². The molecule has 1 saturated heterocycles. The molecule has 1 fully saturated rings. The Balaban J connectivity index is 1.89. The second kappa shape index (κ2) is 7.01. The number of nitrogens with zero attached hydrogens (tertiary/aromatic N) is 1. The van der Waals surface area contributed by atoms with Crippen LogP contribution in [0.15, 0.2) is 57.9 Å². The third-order valence-corrected chi connectivity index (χ3v) is 5.24. The zero-order valence-corrected chi connectivity index (χ0v) is 15.9. The fraction of sp³-hybridized carbons (Fsp3) is 0.0556. The number of carbonyl (C=O) groups excluding carboxylic acids is 2. The Kier molecular flexibility index (Phi) is 4.99. The number of imide groups is 1. The Labute approximate surface area is 157 Å². The van der Waals surface area contributed by atoms with Gasteiger partial charge in [-0.1, -0.05) is 69.7 Å². The highest BCUT2D eigenvalue weighted by Gasteiger charge is 2.37. The quantitative estimate of drug-likeness (QED) is 0.399. The van der Waals surface area contributed by atoms with Gasteiger partial charge in [0.1, 0.15) is 0 Å². The first-order valence-corrected chi connectivity index (χ1v) is 9.12. The standard InChI is InChI=1S/C18H12BrNO2S2/c1-11-5-7-13(8-6-11)16(21)20-17(22)15(24-18(20)23)10-12-3-2-4-14(19)9-12/h2-10H,1H3/b15-10+. The first-order valence-electron chi connectivity index (χ1n) is 7.10. The van der Waals surface area contributed by atoms with Crippen LogP contribution in [0.25, 0.3) is 6.08 Å². The topological polar surface area (TPSA) is 37.4 Å². The Morgan fingerprint density at radius 1 is 1.21 bits per heavy atom. The lowest BCUT2D eigenvalue weighted by molar-refractivity contribution is -0.120. The molecule has 6 heteroatoms. The number of benzene rings is 2. The van der Waals surface area contributed by atoms with Crippen LogP contribution < -0.4 is 0 Å². The predicted molar refractivity (Wildman–Crippen MR) is 105 cm³/mol. The van der Waals surface area contributed by atoms with Crippen LogP contribution in [0.5, 0.6) is 0 Å². The van der Waals surface area contributed by atoms with E-state index in [1.54, 1.807) is 18.2 Å². The van der Waals surface area contributed by atoms with E-state index in [-0.39, 0.29) is 10.2 Å². The normalized spacial score (nSPS) is 16.1. The first-order chi connectivity index (χ1) is 11.5. The lowest BCUT2D eigenvalue weighted by Crippen LogP contribution is -2.34. The summed E-state index contributed by atoms with van der Waals surface area (Å²) in [6.45, 7) is 1.94. The molecule has 0 aliphatic carbocycles. The number of rotatable bonds is 2. The summed E-state index contributed by atoms with van der Waals surface area (Å²) in [7, 11) is 0. The Bertz CT molecular complexity index is 875. The van der Waals surface area contributed by atoms with Gasteiger partial charge in [0.2, 0.25) is 0 Å². The van der Waals surface area contributed by atoms with Crippen molar-refractivity contribution in [2.75, 3.05) is 0 Å². The number of thiocarbonyl (C=S) groups is 1. The summed E-state index contributed by atoms with van der Waals surface area (Å²) in [6, 6.07) is 14.7. The molecule has 2 aromatic rings. The van der Waals surface area contributed by atoms with E-state index in [0.29, 0.717) is 10.5 Å². The molecule has 2 aromatic carbocycles. The summed E-state index contributed by atoms with van der Waals surface area (Å²) in [5.41, 5.74) is 2.36. The largest absolute Gasteiger partial charge is 0.273 e. The van der Waals surface area contributed by atoms with Crippen LogP contribution in [0.3, 0.4) is 0 Å². The van der Waals surface area contributed by atoms with Crippen molar-refractivity contribution in [1.29, 1.82) is 0 Å². The van der Waals surface area contributed by atoms with Gasteiger partial charge in [-0.15, -0.1) is 0 Å². The highest BCUT2D eigenvalue weighted by Crippen LogP contribution is 2.33. The van der Waals surface area contributed by atoms with Crippen LogP contribution >= 0.6 is 39.9 Å². The molecule has 0 saturated carbocycles. The summed E-state index contributed by atoms with van der Waals surface area (Å²) < 4.78 is 1.18. The maximum absolute atomic E-state index is 12.6. The Morgan fingerprint density at radius 2 is 1.92 bits per heavy atom. The van der Waals surface area contributed by atoms with Crippen molar-refractivity contribution >= 4 is 62.1 Å². The van der Waals surface area contributed by atoms with E-state index < -0.39 is 5.91 Å². The lowest BCUT2D eigenvalue weighted by atomic mass is 10.1.